The predicted octanol–water partition coefficient (Wildman–Crippen LogP) is 2.05. The summed E-state index contributed by atoms with van der Waals surface area (Å²) in [6, 6.07) is 3.97. The average Bonchev–Trinajstić information content (AvgIpc) is 2.44. The quantitative estimate of drug-likeness (QED) is 0.841. The molecule has 5 nitrogen and oxygen atoms in total. The van der Waals surface area contributed by atoms with Crippen molar-refractivity contribution in [1.82, 2.24) is 20.3 Å². The van der Waals surface area contributed by atoms with Crippen molar-refractivity contribution in [3.63, 3.8) is 0 Å². The van der Waals surface area contributed by atoms with E-state index >= 15 is 0 Å². The molecule has 3 N–H and O–H groups in total. The summed E-state index contributed by atoms with van der Waals surface area (Å²) in [5.74, 6) is 1.36. The molecule has 0 bridgehead atoms. The Balaban J connectivity index is 2.16. The minimum absolute atomic E-state index is 0.0948. The summed E-state index contributed by atoms with van der Waals surface area (Å²) in [5, 5.41) is 3.49. The van der Waals surface area contributed by atoms with Gasteiger partial charge < -0.3 is 11.1 Å². The fraction of sp³-hybridized carbons (Fsp3) is 0.400. The minimum Gasteiger partial charge on any atom is -0.384 e. The van der Waals surface area contributed by atoms with Gasteiger partial charge in [-0.25, -0.2) is 15.0 Å². The van der Waals surface area contributed by atoms with E-state index in [4.69, 9.17) is 5.73 Å². The monoisotopic (exact) mass is 271 g/mol. The first-order valence-corrected chi connectivity index (χ1v) is 6.91. The number of nitrogens with zero attached hydrogens (tertiary/aromatic N) is 3. The molecule has 1 unspecified atom stereocenters. The second-order valence-electron chi connectivity index (χ2n) is 4.92. The first kappa shape index (κ1) is 14.4. The van der Waals surface area contributed by atoms with E-state index in [-0.39, 0.29) is 6.04 Å². The number of aromatic nitrogens is 3. The van der Waals surface area contributed by atoms with Gasteiger partial charge in [-0.3, -0.25) is 0 Å². The van der Waals surface area contributed by atoms with Crippen LogP contribution in [0.4, 0.5) is 5.82 Å². The van der Waals surface area contributed by atoms with Gasteiger partial charge in [0.1, 0.15) is 11.6 Å². The number of rotatable bonds is 6. The molecular weight excluding hydrogens is 250 g/mol. The molecule has 20 heavy (non-hydrogen) atoms. The van der Waals surface area contributed by atoms with Crippen molar-refractivity contribution in [2.45, 2.75) is 32.7 Å². The van der Waals surface area contributed by atoms with E-state index in [0.717, 1.165) is 36.3 Å². The van der Waals surface area contributed by atoms with Gasteiger partial charge in [0.05, 0.1) is 6.04 Å². The lowest BCUT2D eigenvalue weighted by Crippen LogP contribution is -2.26. The highest BCUT2D eigenvalue weighted by Crippen LogP contribution is 2.16. The molecule has 2 heterocycles. The highest BCUT2D eigenvalue weighted by Gasteiger charge is 2.14. The van der Waals surface area contributed by atoms with Crippen LogP contribution in [0.2, 0.25) is 0 Å². The summed E-state index contributed by atoms with van der Waals surface area (Å²) in [4.78, 5) is 12.9. The van der Waals surface area contributed by atoms with E-state index in [1.54, 1.807) is 6.20 Å². The van der Waals surface area contributed by atoms with Gasteiger partial charge in [-0.1, -0.05) is 6.92 Å². The fourth-order valence-corrected chi connectivity index (χ4v) is 2.01. The van der Waals surface area contributed by atoms with Crippen LogP contribution in [0.3, 0.4) is 0 Å². The Bertz CT molecular complexity index is 538. The number of pyridine rings is 1. The van der Waals surface area contributed by atoms with Gasteiger partial charge in [0, 0.05) is 18.6 Å². The maximum atomic E-state index is 5.73. The molecule has 2 aromatic rings. The summed E-state index contributed by atoms with van der Waals surface area (Å²) in [5.41, 5.74) is 7.93. The Morgan fingerprint density at radius 3 is 2.65 bits per heavy atom. The molecule has 106 valence electrons. The highest BCUT2D eigenvalue weighted by atomic mass is 15.0. The third kappa shape index (κ3) is 3.99. The van der Waals surface area contributed by atoms with Gasteiger partial charge >= 0.3 is 0 Å². The second-order valence-corrected chi connectivity index (χ2v) is 4.92. The fourth-order valence-electron chi connectivity index (χ4n) is 2.01. The highest BCUT2D eigenvalue weighted by molar-refractivity contribution is 5.32. The zero-order valence-electron chi connectivity index (χ0n) is 12.0. The Labute approximate surface area is 119 Å². The molecular formula is C15H21N5. The van der Waals surface area contributed by atoms with E-state index in [9.17, 15) is 0 Å². The third-order valence-corrected chi connectivity index (χ3v) is 3.04. The van der Waals surface area contributed by atoms with Crippen molar-refractivity contribution < 1.29 is 0 Å². The zero-order valence-corrected chi connectivity index (χ0v) is 12.0. The molecule has 0 aromatic carbocycles. The Hall–Kier alpha value is -2.01. The number of hydrogen-bond donors (Lipinski definition) is 2. The molecule has 0 saturated carbocycles. The molecule has 0 aliphatic rings. The predicted molar refractivity (Wildman–Crippen MR) is 80.2 cm³/mol. The van der Waals surface area contributed by atoms with E-state index in [0.29, 0.717) is 5.82 Å². The number of anilines is 1. The minimum atomic E-state index is 0.0948. The first-order chi connectivity index (χ1) is 9.69. The van der Waals surface area contributed by atoms with Crippen LogP contribution in [0.25, 0.3) is 0 Å². The Morgan fingerprint density at radius 1 is 1.25 bits per heavy atom. The standard InChI is InChI=1S/C15H21N5/c1-3-5-17-13(15-19-9-11(2)10-20-15)7-12-4-6-18-14(16)8-12/h4,6,8-10,13,17H,3,5,7H2,1-2H3,(H2,16,18). The number of nitrogen functional groups attached to an aromatic ring is 1. The lowest BCUT2D eigenvalue weighted by molar-refractivity contribution is 0.504. The Kier molecular flexibility index (Phi) is 5.01. The number of nitrogens with one attached hydrogen (secondary N) is 1. The van der Waals surface area contributed by atoms with Crippen molar-refractivity contribution in [1.29, 1.82) is 0 Å². The Morgan fingerprint density at radius 2 is 2.00 bits per heavy atom. The van der Waals surface area contributed by atoms with Gasteiger partial charge in [0.25, 0.3) is 0 Å². The van der Waals surface area contributed by atoms with Crippen LogP contribution in [-0.2, 0) is 6.42 Å². The molecule has 0 spiro atoms. The maximum Gasteiger partial charge on any atom is 0.145 e. The van der Waals surface area contributed by atoms with Crippen LogP contribution in [-0.4, -0.2) is 21.5 Å². The van der Waals surface area contributed by atoms with Crippen molar-refractivity contribution >= 4 is 5.82 Å². The van der Waals surface area contributed by atoms with Crippen molar-refractivity contribution in [2.75, 3.05) is 12.3 Å². The van der Waals surface area contributed by atoms with E-state index < -0.39 is 0 Å². The maximum absolute atomic E-state index is 5.73. The largest absolute Gasteiger partial charge is 0.384 e. The van der Waals surface area contributed by atoms with E-state index in [1.807, 2.05) is 31.5 Å². The lowest BCUT2D eigenvalue weighted by atomic mass is 10.1. The number of hydrogen-bond acceptors (Lipinski definition) is 5. The van der Waals surface area contributed by atoms with Gasteiger partial charge in [-0.2, -0.15) is 0 Å². The van der Waals surface area contributed by atoms with Gasteiger partial charge in [-0.15, -0.1) is 0 Å². The molecule has 5 heteroatoms. The smallest absolute Gasteiger partial charge is 0.145 e. The molecule has 1 atom stereocenters. The lowest BCUT2D eigenvalue weighted by Gasteiger charge is -2.17. The van der Waals surface area contributed by atoms with Crippen LogP contribution in [0.1, 0.15) is 36.3 Å². The average molecular weight is 271 g/mol. The topological polar surface area (TPSA) is 76.7 Å². The summed E-state index contributed by atoms with van der Waals surface area (Å²) >= 11 is 0. The molecule has 2 aromatic heterocycles. The molecule has 0 amide bonds. The van der Waals surface area contributed by atoms with Gasteiger partial charge in [0.2, 0.25) is 0 Å². The van der Waals surface area contributed by atoms with Crippen LogP contribution in [0, 0.1) is 6.92 Å². The van der Waals surface area contributed by atoms with Crippen molar-refractivity contribution in [3.05, 3.63) is 47.7 Å². The molecule has 0 radical (unpaired) electrons. The second kappa shape index (κ2) is 6.96. The van der Waals surface area contributed by atoms with Crippen LogP contribution in [0.15, 0.2) is 30.7 Å². The SMILES string of the molecule is CCCNC(Cc1ccnc(N)c1)c1ncc(C)cn1. The molecule has 0 aliphatic heterocycles. The van der Waals surface area contributed by atoms with E-state index in [1.165, 1.54) is 0 Å². The van der Waals surface area contributed by atoms with Crippen LogP contribution in [0.5, 0.6) is 0 Å². The molecule has 2 rings (SSSR count). The summed E-state index contributed by atoms with van der Waals surface area (Å²) in [7, 11) is 0. The molecule has 0 saturated heterocycles. The molecule has 0 fully saturated rings. The summed E-state index contributed by atoms with van der Waals surface area (Å²) < 4.78 is 0. The third-order valence-electron chi connectivity index (χ3n) is 3.04. The summed E-state index contributed by atoms with van der Waals surface area (Å²) in [6.45, 7) is 5.06. The number of nitrogens with two attached hydrogens (primary N) is 1. The van der Waals surface area contributed by atoms with Crippen molar-refractivity contribution in [2.24, 2.45) is 0 Å². The van der Waals surface area contributed by atoms with Gasteiger partial charge in [-0.05, 0) is 49.6 Å². The van der Waals surface area contributed by atoms with Crippen molar-refractivity contribution in [3.8, 4) is 0 Å². The molecule has 0 aliphatic carbocycles. The van der Waals surface area contributed by atoms with E-state index in [2.05, 4.69) is 27.2 Å². The van der Waals surface area contributed by atoms with Crippen LogP contribution < -0.4 is 11.1 Å². The van der Waals surface area contributed by atoms with Gasteiger partial charge in [0.15, 0.2) is 0 Å². The number of aryl methyl sites for hydroxylation is 1. The normalized spacial score (nSPS) is 12.3. The van der Waals surface area contributed by atoms with Crippen LogP contribution >= 0.6 is 0 Å². The summed E-state index contributed by atoms with van der Waals surface area (Å²) in [6.07, 6.45) is 7.31. The zero-order chi connectivity index (χ0) is 14.4. The first-order valence-electron chi connectivity index (χ1n) is 6.91.